The zero-order valence-corrected chi connectivity index (χ0v) is 16.2. The summed E-state index contributed by atoms with van der Waals surface area (Å²) in [6.07, 6.45) is 4.40. The number of halogens is 1. The molecule has 0 atom stereocenters. The fraction of sp³-hybridized carbons (Fsp3) is 0.318. The number of piperidine rings is 1. The van der Waals surface area contributed by atoms with E-state index in [4.69, 9.17) is 0 Å². The van der Waals surface area contributed by atoms with E-state index < -0.39 is 5.82 Å². The van der Waals surface area contributed by atoms with Crippen LogP contribution in [0.4, 0.5) is 14.9 Å². The molecule has 2 aromatic carbocycles. The molecule has 1 fully saturated rings. The molecular weight excluding hydrogens is 369 g/mol. The van der Waals surface area contributed by atoms with Gasteiger partial charge in [-0.15, -0.1) is 10.2 Å². The van der Waals surface area contributed by atoms with E-state index >= 15 is 0 Å². The lowest BCUT2D eigenvalue weighted by atomic mass is 9.93. The second-order valence-electron chi connectivity index (χ2n) is 7.41. The summed E-state index contributed by atoms with van der Waals surface area (Å²) in [4.78, 5) is 14.2. The van der Waals surface area contributed by atoms with E-state index in [1.165, 1.54) is 11.6 Å². The second-order valence-corrected chi connectivity index (χ2v) is 7.41. The Kier molecular flexibility index (Phi) is 5.84. The molecule has 0 bridgehead atoms. The summed E-state index contributed by atoms with van der Waals surface area (Å²) in [5.41, 5.74) is 1.43. The lowest BCUT2D eigenvalue weighted by molar-refractivity contribution is 0.181. The lowest BCUT2D eigenvalue weighted by Gasteiger charge is -2.32. The molecule has 0 radical (unpaired) electrons. The first-order valence-corrected chi connectivity index (χ1v) is 9.90. The number of benzene rings is 2. The van der Waals surface area contributed by atoms with Crippen LogP contribution in [0.25, 0.3) is 0 Å². The van der Waals surface area contributed by atoms with Gasteiger partial charge in [-0.3, -0.25) is 0 Å². The number of nitrogens with zero attached hydrogens (tertiary/aromatic N) is 4. The summed E-state index contributed by atoms with van der Waals surface area (Å²) in [6, 6.07) is 16.2. The average Bonchev–Trinajstić information content (AvgIpc) is 3.17. The second kappa shape index (κ2) is 8.86. The van der Waals surface area contributed by atoms with E-state index in [9.17, 15) is 9.18 Å². The van der Waals surface area contributed by atoms with Crippen molar-refractivity contribution in [1.29, 1.82) is 0 Å². The smallest absolute Gasteiger partial charge is 0.321 e. The van der Waals surface area contributed by atoms with Gasteiger partial charge in [0.2, 0.25) is 0 Å². The number of para-hydroxylation sites is 1. The minimum absolute atomic E-state index is 0.216. The van der Waals surface area contributed by atoms with Gasteiger partial charge < -0.3 is 14.8 Å². The molecular formula is C22H24FN5O. The van der Waals surface area contributed by atoms with Gasteiger partial charge in [-0.25, -0.2) is 9.18 Å². The molecule has 6 nitrogen and oxygen atoms in total. The molecule has 0 unspecified atom stereocenters. The van der Waals surface area contributed by atoms with E-state index in [1.807, 2.05) is 18.2 Å². The van der Waals surface area contributed by atoms with Crippen molar-refractivity contribution in [2.24, 2.45) is 5.92 Å². The first-order chi connectivity index (χ1) is 14.2. The maximum atomic E-state index is 13.7. The van der Waals surface area contributed by atoms with Gasteiger partial charge in [0.25, 0.3) is 0 Å². The van der Waals surface area contributed by atoms with Gasteiger partial charge in [-0.05, 0) is 36.5 Å². The fourth-order valence-corrected chi connectivity index (χ4v) is 3.70. The van der Waals surface area contributed by atoms with Gasteiger partial charge in [-0.1, -0.05) is 42.5 Å². The van der Waals surface area contributed by atoms with Crippen LogP contribution in [0.3, 0.4) is 0 Å². The maximum absolute atomic E-state index is 13.7. The van der Waals surface area contributed by atoms with Crippen molar-refractivity contribution in [3.05, 3.63) is 78.1 Å². The number of amides is 2. The molecule has 3 aromatic rings. The minimum atomic E-state index is -0.423. The van der Waals surface area contributed by atoms with Gasteiger partial charge in [-0.2, -0.15) is 0 Å². The van der Waals surface area contributed by atoms with E-state index in [1.54, 1.807) is 29.4 Å². The van der Waals surface area contributed by atoms with Gasteiger partial charge in [0.05, 0.1) is 12.2 Å². The van der Waals surface area contributed by atoms with Crippen molar-refractivity contribution in [3.8, 4) is 0 Å². The number of anilines is 1. The number of carbonyl (C=O) groups is 1. The number of nitrogens with one attached hydrogen (secondary N) is 1. The van der Waals surface area contributed by atoms with Crippen molar-refractivity contribution in [1.82, 2.24) is 19.7 Å². The number of likely N-dealkylation sites (tertiary alicyclic amines) is 1. The summed E-state index contributed by atoms with van der Waals surface area (Å²) >= 11 is 0. The van der Waals surface area contributed by atoms with Crippen LogP contribution in [-0.2, 0) is 13.0 Å². The summed E-state index contributed by atoms with van der Waals surface area (Å²) in [5.74, 6) is 1.00. The molecule has 0 saturated carbocycles. The molecule has 4 rings (SSSR count). The molecule has 0 spiro atoms. The standard InChI is InChI=1S/C22H24FN5O/c23-19-8-4-5-9-20(19)25-22(29)27-12-10-17(11-13-27)14-21-26-24-16-28(21)15-18-6-2-1-3-7-18/h1-9,16-17H,10-15H2,(H,25,29). The first-order valence-electron chi connectivity index (χ1n) is 9.90. The molecule has 1 aromatic heterocycles. The third-order valence-electron chi connectivity index (χ3n) is 5.38. The predicted octanol–water partition coefficient (Wildman–Crippen LogP) is 3.95. The first kappa shape index (κ1) is 19.1. The Hall–Kier alpha value is -3.22. The molecule has 29 heavy (non-hydrogen) atoms. The van der Waals surface area contributed by atoms with Crippen molar-refractivity contribution < 1.29 is 9.18 Å². The third kappa shape index (κ3) is 4.80. The van der Waals surface area contributed by atoms with E-state index in [2.05, 4.69) is 32.2 Å². The zero-order valence-electron chi connectivity index (χ0n) is 16.2. The van der Waals surface area contributed by atoms with Crippen LogP contribution < -0.4 is 5.32 Å². The van der Waals surface area contributed by atoms with Gasteiger partial charge in [0.1, 0.15) is 18.0 Å². The van der Waals surface area contributed by atoms with Crippen molar-refractivity contribution >= 4 is 11.7 Å². The molecule has 1 N–H and O–H groups in total. The SMILES string of the molecule is O=C(Nc1ccccc1F)N1CCC(Cc2nncn2Cc2ccccc2)CC1. The number of aromatic nitrogens is 3. The summed E-state index contributed by atoms with van der Waals surface area (Å²) in [5, 5.41) is 11.1. The minimum Gasteiger partial charge on any atom is -0.325 e. The van der Waals surface area contributed by atoms with Gasteiger partial charge in [0, 0.05) is 19.5 Å². The van der Waals surface area contributed by atoms with Crippen LogP contribution in [0.15, 0.2) is 60.9 Å². The van der Waals surface area contributed by atoms with E-state index in [-0.39, 0.29) is 11.7 Å². The number of hydrogen-bond donors (Lipinski definition) is 1. The number of rotatable bonds is 5. The molecule has 150 valence electrons. The van der Waals surface area contributed by atoms with Crippen molar-refractivity contribution in [2.45, 2.75) is 25.8 Å². The number of hydrogen-bond acceptors (Lipinski definition) is 3. The Labute approximate surface area is 169 Å². The topological polar surface area (TPSA) is 63.1 Å². The molecule has 2 amide bonds. The largest absolute Gasteiger partial charge is 0.325 e. The van der Waals surface area contributed by atoms with Crippen LogP contribution in [0.5, 0.6) is 0 Å². The predicted molar refractivity (Wildman–Crippen MR) is 109 cm³/mol. The monoisotopic (exact) mass is 393 g/mol. The van der Waals surface area contributed by atoms with Crippen LogP contribution in [0.2, 0.25) is 0 Å². The Morgan fingerprint density at radius 1 is 1.07 bits per heavy atom. The van der Waals surface area contributed by atoms with Crippen LogP contribution in [-0.4, -0.2) is 38.8 Å². The number of urea groups is 1. The Morgan fingerprint density at radius 2 is 1.79 bits per heavy atom. The van der Waals surface area contributed by atoms with Crippen LogP contribution in [0.1, 0.15) is 24.2 Å². The van der Waals surface area contributed by atoms with Crippen molar-refractivity contribution in [2.75, 3.05) is 18.4 Å². The molecule has 0 aliphatic carbocycles. The molecule has 2 heterocycles. The van der Waals surface area contributed by atoms with Crippen LogP contribution >= 0.6 is 0 Å². The quantitative estimate of drug-likeness (QED) is 0.714. The highest BCUT2D eigenvalue weighted by atomic mass is 19.1. The Bertz CT molecular complexity index is 951. The van der Waals surface area contributed by atoms with Crippen LogP contribution in [0, 0.1) is 11.7 Å². The summed E-state index contributed by atoms with van der Waals surface area (Å²) in [6.45, 7) is 2.06. The molecule has 1 aliphatic heterocycles. The maximum Gasteiger partial charge on any atom is 0.321 e. The highest BCUT2D eigenvalue weighted by Crippen LogP contribution is 2.22. The van der Waals surface area contributed by atoms with Gasteiger partial charge in [0.15, 0.2) is 0 Å². The summed E-state index contributed by atoms with van der Waals surface area (Å²) < 4.78 is 15.8. The summed E-state index contributed by atoms with van der Waals surface area (Å²) in [7, 11) is 0. The molecule has 7 heteroatoms. The molecule has 1 aliphatic rings. The third-order valence-corrected chi connectivity index (χ3v) is 5.38. The normalized spacial score (nSPS) is 14.7. The zero-order chi connectivity index (χ0) is 20.1. The number of carbonyl (C=O) groups excluding carboxylic acids is 1. The van der Waals surface area contributed by atoms with E-state index in [0.717, 1.165) is 31.6 Å². The highest BCUT2D eigenvalue weighted by Gasteiger charge is 2.24. The Morgan fingerprint density at radius 3 is 2.55 bits per heavy atom. The lowest BCUT2D eigenvalue weighted by Crippen LogP contribution is -2.41. The molecule has 1 saturated heterocycles. The highest BCUT2D eigenvalue weighted by molar-refractivity contribution is 5.89. The fourth-order valence-electron chi connectivity index (χ4n) is 3.70. The Balaban J connectivity index is 1.30. The average molecular weight is 393 g/mol. The van der Waals surface area contributed by atoms with E-state index in [0.29, 0.717) is 19.0 Å². The van der Waals surface area contributed by atoms with Crippen molar-refractivity contribution in [3.63, 3.8) is 0 Å². The van der Waals surface area contributed by atoms with Gasteiger partial charge >= 0.3 is 6.03 Å².